The lowest BCUT2D eigenvalue weighted by Crippen LogP contribution is -2.33. The molecular formula is C28H29F3N4O3. The van der Waals surface area contributed by atoms with Crippen LogP contribution in [0.2, 0.25) is 0 Å². The molecule has 1 saturated heterocycles. The minimum Gasteiger partial charge on any atom is -0.497 e. The van der Waals surface area contributed by atoms with Gasteiger partial charge in [-0.2, -0.15) is 0 Å². The molecule has 0 spiro atoms. The number of carbonyl (C=O) groups is 1. The molecule has 2 aromatic carbocycles. The van der Waals surface area contributed by atoms with Gasteiger partial charge in [-0.25, -0.2) is 4.98 Å². The van der Waals surface area contributed by atoms with Crippen LogP contribution in [0.1, 0.15) is 24.6 Å². The van der Waals surface area contributed by atoms with E-state index < -0.39 is 6.36 Å². The maximum Gasteiger partial charge on any atom is 0.573 e. The molecule has 1 amide bonds. The van der Waals surface area contributed by atoms with Crippen molar-refractivity contribution in [3.05, 3.63) is 78.8 Å². The second-order valence-corrected chi connectivity index (χ2v) is 8.74. The predicted octanol–water partition coefficient (Wildman–Crippen LogP) is 5.97. The first kappa shape index (κ1) is 26.8. The number of benzene rings is 2. The fourth-order valence-electron chi connectivity index (χ4n) is 4.53. The number of methoxy groups -OCH3 is 1. The molecule has 0 aliphatic carbocycles. The third-order valence-electron chi connectivity index (χ3n) is 6.27. The van der Waals surface area contributed by atoms with Gasteiger partial charge in [0, 0.05) is 37.8 Å². The minimum atomic E-state index is -4.65. The van der Waals surface area contributed by atoms with E-state index in [2.05, 4.69) is 32.8 Å². The predicted molar refractivity (Wildman–Crippen MR) is 139 cm³/mol. The fraction of sp³-hybridized carbons (Fsp3) is 0.286. The number of anilines is 1. The van der Waals surface area contributed by atoms with Crippen molar-refractivity contribution in [2.24, 2.45) is 0 Å². The van der Waals surface area contributed by atoms with Crippen LogP contribution in [-0.4, -0.2) is 54.3 Å². The van der Waals surface area contributed by atoms with Crippen LogP contribution in [0.4, 0.5) is 18.9 Å². The van der Waals surface area contributed by atoms with E-state index in [1.165, 1.54) is 25.2 Å². The third kappa shape index (κ3) is 6.37. The summed E-state index contributed by atoms with van der Waals surface area (Å²) >= 11 is 0. The molecule has 0 bridgehead atoms. The van der Waals surface area contributed by atoms with Gasteiger partial charge in [0.2, 0.25) is 6.41 Å². The van der Waals surface area contributed by atoms with Crippen molar-refractivity contribution < 1.29 is 27.4 Å². The van der Waals surface area contributed by atoms with Crippen molar-refractivity contribution in [1.29, 1.82) is 0 Å². The van der Waals surface area contributed by atoms with Crippen molar-refractivity contribution in [3.63, 3.8) is 0 Å². The number of pyridine rings is 1. The number of fused-ring (bicyclic) bond motifs is 1. The van der Waals surface area contributed by atoms with Crippen molar-refractivity contribution in [2.45, 2.75) is 25.1 Å². The molecule has 38 heavy (non-hydrogen) atoms. The number of imidazole rings is 1. The van der Waals surface area contributed by atoms with Crippen molar-refractivity contribution >= 4 is 17.6 Å². The molecular weight excluding hydrogens is 497 g/mol. The van der Waals surface area contributed by atoms with Crippen LogP contribution in [0.3, 0.4) is 0 Å². The van der Waals surface area contributed by atoms with Crippen molar-refractivity contribution in [3.8, 4) is 22.8 Å². The smallest absolute Gasteiger partial charge is 0.497 e. The van der Waals surface area contributed by atoms with E-state index >= 15 is 0 Å². The fourth-order valence-corrected chi connectivity index (χ4v) is 4.53. The average molecular weight is 527 g/mol. The topological polar surface area (TPSA) is 68.1 Å². The molecule has 5 rings (SSSR count). The number of halogens is 3. The number of nitrogens with zero attached hydrogens (tertiary/aromatic N) is 3. The van der Waals surface area contributed by atoms with Gasteiger partial charge in [0.25, 0.3) is 0 Å². The maximum absolute atomic E-state index is 11.8. The molecule has 0 radical (unpaired) electrons. The molecule has 0 saturated carbocycles. The van der Waals surface area contributed by atoms with Crippen LogP contribution in [0.15, 0.2) is 72.9 Å². The Kier molecular flexibility index (Phi) is 8.40. The highest BCUT2D eigenvalue weighted by atomic mass is 19.4. The van der Waals surface area contributed by atoms with Crippen LogP contribution >= 0.6 is 0 Å². The Bertz CT molecular complexity index is 1370. The highest BCUT2D eigenvalue weighted by molar-refractivity contribution is 5.78. The molecule has 200 valence electrons. The lowest BCUT2D eigenvalue weighted by atomic mass is 9.97. The van der Waals surface area contributed by atoms with E-state index in [1.807, 2.05) is 35.2 Å². The van der Waals surface area contributed by atoms with Crippen LogP contribution in [0.25, 0.3) is 16.8 Å². The van der Waals surface area contributed by atoms with Crippen molar-refractivity contribution in [2.75, 3.05) is 32.6 Å². The first-order valence-corrected chi connectivity index (χ1v) is 12.2. The number of nitrogens with one attached hydrogen (secondary N) is 1. The Balaban J connectivity index is 0.000000219. The number of carbonyl (C=O) groups excluding carboxylic acids is 1. The van der Waals surface area contributed by atoms with Gasteiger partial charge >= 0.3 is 6.36 Å². The zero-order valence-corrected chi connectivity index (χ0v) is 21.1. The molecule has 1 aliphatic rings. The molecule has 1 fully saturated rings. The quantitative estimate of drug-likeness (QED) is 0.314. The lowest BCUT2D eigenvalue weighted by Gasteiger charge is -2.29. The average Bonchev–Trinajstić information content (AvgIpc) is 3.33. The monoisotopic (exact) mass is 526 g/mol. The molecule has 3 heterocycles. The number of aromatic nitrogens is 2. The van der Waals surface area contributed by atoms with E-state index in [4.69, 9.17) is 9.72 Å². The van der Waals surface area contributed by atoms with Gasteiger partial charge in [-0.1, -0.05) is 30.3 Å². The number of para-hydroxylation sites is 2. The summed E-state index contributed by atoms with van der Waals surface area (Å²) in [7, 11) is 3.20. The number of piperidine rings is 1. The standard InChI is InChI=1S/C20H21N3O2.C8H8F3NO/c1-25-17-8-4-6-15(12-17)19-18-9-2-3-11-23(18)20(21-19)16-7-5-10-22(13-16)14-24;1-12-6-4-2-3-5-7(6)13-8(9,10)11/h2-4,6,8-9,11-12,14,16H,5,7,10,13H2,1H3;2-5,12H,1H3. The lowest BCUT2D eigenvalue weighted by molar-refractivity contribution is -0.274. The summed E-state index contributed by atoms with van der Waals surface area (Å²) in [4.78, 5) is 18.0. The SMILES string of the molecule is CNc1ccccc1OC(F)(F)F.COc1cccc(-c2nc(C3CCCN(C=O)C3)n3ccccc23)c1. The van der Waals surface area contributed by atoms with E-state index in [0.717, 1.165) is 60.7 Å². The number of amides is 1. The van der Waals surface area contributed by atoms with E-state index in [0.29, 0.717) is 5.69 Å². The highest BCUT2D eigenvalue weighted by Crippen LogP contribution is 2.33. The summed E-state index contributed by atoms with van der Waals surface area (Å²) in [5.74, 6) is 1.88. The summed E-state index contributed by atoms with van der Waals surface area (Å²) < 4.78 is 46.7. The molecule has 1 unspecified atom stereocenters. The van der Waals surface area contributed by atoms with Crippen LogP contribution in [0, 0.1) is 0 Å². The summed E-state index contributed by atoms with van der Waals surface area (Å²) in [5.41, 5.74) is 3.38. The molecule has 1 atom stereocenters. The van der Waals surface area contributed by atoms with Crippen LogP contribution in [0.5, 0.6) is 11.5 Å². The van der Waals surface area contributed by atoms with Gasteiger partial charge in [0.1, 0.15) is 11.6 Å². The number of hydrogen-bond donors (Lipinski definition) is 1. The van der Waals surface area contributed by atoms with Gasteiger partial charge in [-0.05, 0) is 49.2 Å². The van der Waals surface area contributed by atoms with Crippen molar-refractivity contribution in [1.82, 2.24) is 14.3 Å². The normalized spacial score (nSPS) is 15.4. The Morgan fingerprint density at radius 3 is 2.61 bits per heavy atom. The number of alkyl halides is 3. The third-order valence-corrected chi connectivity index (χ3v) is 6.27. The molecule has 2 aromatic heterocycles. The molecule has 10 heteroatoms. The van der Waals surface area contributed by atoms with E-state index in [9.17, 15) is 18.0 Å². The van der Waals surface area contributed by atoms with E-state index in [-0.39, 0.29) is 11.7 Å². The Morgan fingerprint density at radius 1 is 1.08 bits per heavy atom. The second kappa shape index (κ2) is 11.9. The number of likely N-dealkylation sites (tertiary alicyclic amines) is 1. The largest absolute Gasteiger partial charge is 0.573 e. The molecule has 1 aliphatic heterocycles. The number of rotatable bonds is 6. The highest BCUT2D eigenvalue weighted by Gasteiger charge is 2.32. The summed E-state index contributed by atoms with van der Waals surface area (Å²) in [5, 5.41) is 2.59. The first-order chi connectivity index (χ1) is 18.3. The number of ether oxygens (including phenoxy) is 2. The van der Waals surface area contributed by atoms with Gasteiger partial charge in [0.15, 0.2) is 5.75 Å². The zero-order chi connectivity index (χ0) is 27.1. The van der Waals surface area contributed by atoms with Crippen LogP contribution in [-0.2, 0) is 4.79 Å². The van der Waals surface area contributed by atoms with Gasteiger partial charge in [-0.3, -0.25) is 4.79 Å². The first-order valence-electron chi connectivity index (χ1n) is 12.2. The summed E-state index contributed by atoms with van der Waals surface area (Å²) in [6.45, 7) is 1.57. The molecule has 7 nitrogen and oxygen atoms in total. The number of hydrogen-bond acceptors (Lipinski definition) is 5. The maximum atomic E-state index is 11.8. The Labute approximate surface area is 218 Å². The van der Waals surface area contributed by atoms with Gasteiger partial charge < -0.3 is 24.1 Å². The zero-order valence-electron chi connectivity index (χ0n) is 21.1. The second-order valence-electron chi connectivity index (χ2n) is 8.74. The Hall–Kier alpha value is -4.21. The summed E-state index contributed by atoms with van der Waals surface area (Å²) in [6.07, 6.45) is 0.425. The van der Waals surface area contributed by atoms with E-state index in [1.54, 1.807) is 13.2 Å². The molecule has 1 N–H and O–H groups in total. The van der Waals surface area contributed by atoms with Gasteiger partial charge in [0.05, 0.1) is 24.0 Å². The summed E-state index contributed by atoms with van der Waals surface area (Å²) in [6, 6.07) is 20.0. The molecule has 4 aromatic rings. The van der Waals surface area contributed by atoms with Crippen LogP contribution < -0.4 is 14.8 Å². The Morgan fingerprint density at radius 2 is 1.87 bits per heavy atom. The van der Waals surface area contributed by atoms with Gasteiger partial charge in [-0.15, -0.1) is 13.2 Å². The minimum absolute atomic E-state index is 0.225.